The second kappa shape index (κ2) is 7.06. The summed E-state index contributed by atoms with van der Waals surface area (Å²) in [4.78, 5) is 11.0. The lowest BCUT2D eigenvalue weighted by atomic mass is 9.95. The number of carbonyl (C=O) groups excluding carboxylic acids is 1. The zero-order valence-corrected chi connectivity index (χ0v) is 12.0. The fraction of sp³-hybridized carbons (Fsp3) is 0.909. The molecule has 1 aliphatic carbocycles. The summed E-state index contributed by atoms with van der Waals surface area (Å²) in [5, 5.41) is 10.3. The Morgan fingerprint density at radius 1 is 1.26 bits per heavy atom. The minimum atomic E-state index is -3.99. The number of ether oxygens (including phenoxy) is 1. The fourth-order valence-electron chi connectivity index (χ4n) is 2.10. The molecule has 0 radical (unpaired) electrons. The summed E-state index contributed by atoms with van der Waals surface area (Å²) in [5.41, 5.74) is -1.03. The third kappa shape index (κ3) is 6.22. The maximum absolute atomic E-state index is 11.6. The van der Waals surface area contributed by atoms with Crippen LogP contribution < -0.4 is 9.44 Å². The molecule has 1 saturated carbocycles. The quantitative estimate of drug-likeness (QED) is 0.646. The van der Waals surface area contributed by atoms with E-state index in [4.69, 9.17) is 0 Å². The molecule has 0 unspecified atom stereocenters. The molecule has 0 bridgehead atoms. The van der Waals surface area contributed by atoms with E-state index in [9.17, 15) is 18.3 Å². The van der Waals surface area contributed by atoms with Crippen LogP contribution in [0, 0.1) is 0 Å². The second-order valence-electron chi connectivity index (χ2n) is 4.79. The summed E-state index contributed by atoms with van der Waals surface area (Å²) in [7, 11) is -3.99. The second-order valence-corrected chi connectivity index (χ2v) is 6.29. The third-order valence-corrected chi connectivity index (χ3v) is 4.08. The van der Waals surface area contributed by atoms with Crippen molar-refractivity contribution < 1.29 is 23.1 Å². The van der Waals surface area contributed by atoms with E-state index >= 15 is 0 Å². The number of nitrogens with one attached hydrogen (secondary N) is 2. The molecule has 112 valence electrons. The topological polar surface area (TPSA) is 105 Å². The molecule has 1 rings (SSSR count). The Hall–Kier alpha value is -0.860. The van der Waals surface area contributed by atoms with Crippen molar-refractivity contribution in [3.05, 3.63) is 0 Å². The van der Waals surface area contributed by atoms with Crippen LogP contribution >= 0.6 is 0 Å². The third-order valence-electron chi connectivity index (χ3n) is 3.12. The van der Waals surface area contributed by atoms with Crippen LogP contribution in [0.1, 0.15) is 45.4 Å². The molecule has 1 fully saturated rings. The van der Waals surface area contributed by atoms with Gasteiger partial charge in [0.25, 0.3) is 0 Å². The van der Waals surface area contributed by atoms with E-state index in [1.54, 1.807) is 11.6 Å². The summed E-state index contributed by atoms with van der Waals surface area (Å²) in [6.07, 6.45) is 3.96. The summed E-state index contributed by atoms with van der Waals surface area (Å²) in [6.45, 7) is 1.57. The molecule has 0 atom stereocenters. The first-order chi connectivity index (χ1) is 8.87. The van der Waals surface area contributed by atoms with Crippen molar-refractivity contribution >= 4 is 16.3 Å². The molecule has 3 N–H and O–H groups in total. The van der Waals surface area contributed by atoms with Crippen LogP contribution in [-0.4, -0.2) is 38.4 Å². The molecule has 8 heteroatoms. The Morgan fingerprint density at radius 2 is 1.84 bits per heavy atom. The van der Waals surface area contributed by atoms with Gasteiger partial charge in [-0.3, -0.25) is 0 Å². The Kier molecular flexibility index (Phi) is 6.02. The molecule has 7 nitrogen and oxygen atoms in total. The van der Waals surface area contributed by atoms with E-state index in [0.29, 0.717) is 12.8 Å². The fourth-order valence-corrected chi connectivity index (χ4v) is 2.91. The highest BCUT2D eigenvalue weighted by Crippen LogP contribution is 2.26. The molecule has 0 heterocycles. The molecule has 0 aromatic heterocycles. The average Bonchev–Trinajstić information content (AvgIpc) is 2.52. The summed E-state index contributed by atoms with van der Waals surface area (Å²) in [5.74, 6) is 0. The lowest BCUT2D eigenvalue weighted by Gasteiger charge is -2.26. The first kappa shape index (κ1) is 16.2. The smallest absolute Gasteiger partial charge is 0.421 e. The predicted molar refractivity (Wildman–Crippen MR) is 69.7 cm³/mol. The summed E-state index contributed by atoms with van der Waals surface area (Å²) in [6, 6.07) is 0. The van der Waals surface area contributed by atoms with E-state index in [0.717, 1.165) is 25.7 Å². The normalized spacial score (nSPS) is 19.5. The van der Waals surface area contributed by atoms with Crippen LogP contribution in [0.5, 0.6) is 0 Å². The van der Waals surface area contributed by atoms with Gasteiger partial charge in [0.15, 0.2) is 0 Å². The van der Waals surface area contributed by atoms with Gasteiger partial charge < -0.3 is 9.84 Å². The largest absolute Gasteiger partial charge is 0.449 e. The summed E-state index contributed by atoms with van der Waals surface area (Å²) >= 11 is 0. The van der Waals surface area contributed by atoms with E-state index < -0.39 is 21.9 Å². The molecule has 0 spiro atoms. The van der Waals surface area contributed by atoms with Gasteiger partial charge in [0.2, 0.25) is 0 Å². The van der Waals surface area contributed by atoms with Gasteiger partial charge >= 0.3 is 16.3 Å². The van der Waals surface area contributed by atoms with Crippen molar-refractivity contribution in [2.75, 3.05) is 13.2 Å². The van der Waals surface area contributed by atoms with Gasteiger partial charge in [-0.1, -0.05) is 25.7 Å². The van der Waals surface area contributed by atoms with E-state index in [1.165, 1.54) is 0 Å². The van der Waals surface area contributed by atoms with Gasteiger partial charge in [0.05, 0.1) is 12.2 Å². The van der Waals surface area contributed by atoms with Crippen molar-refractivity contribution in [2.45, 2.75) is 51.0 Å². The maximum atomic E-state index is 11.6. The lowest BCUT2D eigenvalue weighted by Crippen LogP contribution is -2.48. The Morgan fingerprint density at radius 3 is 2.37 bits per heavy atom. The van der Waals surface area contributed by atoms with Gasteiger partial charge in [0.1, 0.15) is 0 Å². The SMILES string of the molecule is CCOC(=O)NS(=O)(=O)NCC1(O)CCCCCC1. The van der Waals surface area contributed by atoms with Crippen LogP contribution in [0.15, 0.2) is 0 Å². The molecule has 0 saturated heterocycles. The van der Waals surface area contributed by atoms with Gasteiger partial charge in [-0.05, 0) is 19.8 Å². The van der Waals surface area contributed by atoms with E-state index in [-0.39, 0.29) is 13.2 Å². The molecular weight excluding hydrogens is 272 g/mol. The number of amides is 1. The van der Waals surface area contributed by atoms with Crippen molar-refractivity contribution in [3.8, 4) is 0 Å². The van der Waals surface area contributed by atoms with Crippen molar-refractivity contribution in [3.63, 3.8) is 0 Å². The first-order valence-corrected chi connectivity index (χ1v) is 8.02. The monoisotopic (exact) mass is 294 g/mol. The Balaban J connectivity index is 2.47. The lowest BCUT2D eigenvalue weighted by molar-refractivity contribution is 0.0302. The number of hydrogen-bond acceptors (Lipinski definition) is 5. The highest BCUT2D eigenvalue weighted by Gasteiger charge is 2.29. The van der Waals surface area contributed by atoms with Crippen molar-refractivity contribution in [2.24, 2.45) is 0 Å². The van der Waals surface area contributed by atoms with Crippen LogP contribution in [0.25, 0.3) is 0 Å². The van der Waals surface area contributed by atoms with Gasteiger partial charge in [0, 0.05) is 6.54 Å². The molecule has 1 aliphatic rings. The Labute approximate surface area is 113 Å². The van der Waals surface area contributed by atoms with E-state index in [1.807, 2.05) is 0 Å². The molecule has 0 aliphatic heterocycles. The zero-order chi connectivity index (χ0) is 14.4. The van der Waals surface area contributed by atoms with Crippen molar-refractivity contribution in [1.82, 2.24) is 9.44 Å². The van der Waals surface area contributed by atoms with Crippen LogP contribution in [-0.2, 0) is 14.9 Å². The van der Waals surface area contributed by atoms with Gasteiger partial charge in [-0.25, -0.2) is 9.52 Å². The minimum Gasteiger partial charge on any atom is -0.449 e. The van der Waals surface area contributed by atoms with Crippen molar-refractivity contribution in [1.29, 1.82) is 0 Å². The zero-order valence-electron chi connectivity index (χ0n) is 11.1. The van der Waals surface area contributed by atoms with E-state index in [2.05, 4.69) is 9.46 Å². The predicted octanol–water partition coefficient (Wildman–Crippen LogP) is 0.652. The minimum absolute atomic E-state index is 0.0886. The highest BCUT2D eigenvalue weighted by molar-refractivity contribution is 7.88. The standard InChI is InChI=1S/C11H22N2O5S/c1-2-18-10(14)13-19(16,17)12-9-11(15)7-5-3-4-6-8-11/h12,15H,2-9H2,1H3,(H,13,14). The highest BCUT2D eigenvalue weighted by atomic mass is 32.2. The molecule has 0 aromatic rings. The van der Waals surface area contributed by atoms with Crippen LogP contribution in [0.3, 0.4) is 0 Å². The first-order valence-electron chi connectivity index (χ1n) is 6.53. The number of aliphatic hydroxyl groups is 1. The average molecular weight is 294 g/mol. The molecular formula is C11H22N2O5S. The number of rotatable bonds is 5. The molecule has 19 heavy (non-hydrogen) atoms. The summed E-state index contributed by atoms with van der Waals surface area (Å²) < 4.78 is 31.5. The number of hydrogen-bond donors (Lipinski definition) is 3. The van der Waals surface area contributed by atoms with Gasteiger partial charge in [-0.2, -0.15) is 13.1 Å². The van der Waals surface area contributed by atoms with Gasteiger partial charge in [-0.15, -0.1) is 0 Å². The molecule has 0 aromatic carbocycles. The van der Waals surface area contributed by atoms with Crippen LogP contribution in [0.4, 0.5) is 4.79 Å². The number of carbonyl (C=O) groups is 1. The maximum Gasteiger partial charge on any atom is 0.421 e. The molecule has 1 amide bonds. The Bertz CT molecular complexity index is 388. The van der Waals surface area contributed by atoms with Crippen LogP contribution in [0.2, 0.25) is 0 Å².